The summed E-state index contributed by atoms with van der Waals surface area (Å²) in [5.41, 5.74) is 6.65. The predicted octanol–water partition coefficient (Wildman–Crippen LogP) is 1.53. The van der Waals surface area contributed by atoms with Crippen LogP contribution in [-0.2, 0) is 16.0 Å². The van der Waals surface area contributed by atoms with Gasteiger partial charge >= 0.3 is 0 Å². The maximum atomic E-state index is 13.7. The Bertz CT molecular complexity index is 922. The number of nitrogens with one attached hydrogen (secondary N) is 1. The molecule has 3 rings (SSSR count). The maximum absolute atomic E-state index is 13.7. The minimum atomic E-state index is -1.10. The van der Waals surface area contributed by atoms with Gasteiger partial charge in [-0.15, -0.1) is 0 Å². The minimum absolute atomic E-state index is 0.134. The van der Waals surface area contributed by atoms with Crippen molar-refractivity contribution in [3.8, 4) is 0 Å². The van der Waals surface area contributed by atoms with E-state index in [2.05, 4.69) is 5.32 Å². The topological polar surface area (TPSA) is 95.7 Å². The summed E-state index contributed by atoms with van der Waals surface area (Å²) in [6.45, 7) is 1.11. The Labute approximate surface area is 181 Å². The standard InChI is InChI=1S/C23H27FN4O3/c24-19-9-4-8-18(16-19)23(31)28-15-5-14-27(22(28)21(30)26-13-12-25)20(29)11-10-17-6-2-1-3-7-17/h1-4,6-9,16,22H,5,10-15,25H2,(H,26,30). The molecular weight excluding hydrogens is 399 g/mol. The lowest BCUT2D eigenvalue weighted by atomic mass is 10.1. The van der Waals surface area contributed by atoms with E-state index in [4.69, 9.17) is 5.73 Å². The zero-order valence-corrected chi connectivity index (χ0v) is 17.3. The molecule has 2 aromatic rings. The van der Waals surface area contributed by atoms with Gasteiger partial charge in [0.15, 0.2) is 6.17 Å². The molecule has 164 valence electrons. The highest BCUT2D eigenvalue weighted by Gasteiger charge is 2.40. The highest BCUT2D eigenvalue weighted by molar-refractivity contribution is 5.98. The molecule has 1 unspecified atom stereocenters. The van der Waals surface area contributed by atoms with Crippen LogP contribution in [0.3, 0.4) is 0 Å². The fourth-order valence-electron chi connectivity index (χ4n) is 3.69. The Morgan fingerprint density at radius 1 is 1.03 bits per heavy atom. The number of carbonyl (C=O) groups excluding carboxylic acids is 3. The van der Waals surface area contributed by atoms with Gasteiger partial charge in [-0.1, -0.05) is 36.4 Å². The van der Waals surface area contributed by atoms with Gasteiger partial charge in [0.25, 0.3) is 11.8 Å². The van der Waals surface area contributed by atoms with E-state index in [9.17, 15) is 18.8 Å². The molecule has 1 aliphatic rings. The first-order chi connectivity index (χ1) is 15.0. The first kappa shape index (κ1) is 22.4. The number of amides is 3. The van der Waals surface area contributed by atoms with Crippen LogP contribution in [0.2, 0.25) is 0 Å². The molecule has 0 aromatic heterocycles. The molecule has 1 heterocycles. The van der Waals surface area contributed by atoms with E-state index in [0.717, 1.165) is 11.6 Å². The lowest BCUT2D eigenvalue weighted by Crippen LogP contribution is -2.63. The molecule has 3 N–H and O–H groups in total. The summed E-state index contributed by atoms with van der Waals surface area (Å²) < 4.78 is 13.7. The molecule has 0 aliphatic carbocycles. The largest absolute Gasteiger partial charge is 0.351 e. The number of nitrogens with two attached hydrogens (primary N) is 1. The number of aryl methyl sites for hydroxylation is 1. The van der Waals surface area contributed by atoms with Gasteiger partial charge in [0.05, 0.1) is 0 Å². The van der Waals surface area contributed by atoms with Gasteiger partial charge in [-0.3, -0.25) is 14.4 Å². The van der Waals surface area contributed by atoms with Crippen molar-refractivity contribution in [1.29, 1.82) is 0 Å². The van der Waals surface area contributed by atoms with Crippen molar-refractivity contribution < 1.29 is 18.8 Å². The Morgan fingerprint density at radius 2 is 1.77 bits per heavy atom. The highest BCUT2D eigenvalue weighted by Crippen LogP contribution is 2.20. The second kappa shape index (κ2) is 10.7. The van der Waals surface area contributed by atoms with Gasteiger partial charge in [0, 0.05) is 38.2 Å². The van der Waals surface area contributed by atoms with E-state index >= 15 is 0 Å². The van der Waals surface area contributed by atoms with Gasteiger partial charge in [0.1, 0.15) is 5.82 Å². The van der Waals surface area contributed by atoms with E-state index in [1.165, 1.54) is 28.0 Å². The zero-order chi connectivity index (χ0) is 22.2. The average Bonchev–Trinajstić information content (AvgIpc) is 2.80. The summed E-state index contributed by atoms with van der Waals surface area (Å²) in [6.07, 6.45) is 0.177. The van der Waals surface area contributed by atoms with Gasteiger partial charge < -0.3 is 20.9 Å². The molecule has 2 aromatic carbocycles. The molecule has 1 aliphatic heterocycles. The Balaban J connectivity index is 1.81. The third-order valence-electron chi connectivity index (χ3n) is 5.19. The average molecular weight is 426 g/mol. The highest BCUT2D eigenvalue weighted by atomic mass is 19.1. The van der Waals surface area contributed by atoms with Gasteiger partial charge in [-0.25, -0.2) is 4.39 Å². The van der Waals surface area contributed by atoms with E-state index in [1.54, 1.807) is 0 Å². The van der Waals surface area contributed by atoms with Crippen LogP contribution < -0.4 is 11.1 Å². The molecule has 3 amide bonds. The molecule has 0 spiro atoms. The summed E-state index contributed by atoms with van der Waals surface area (Å²) in [5.74, 6) is -1.72. The van der Waals surface area contributed by atoms with Crippen LogP contribution in [0, 0.1) is 5.82 Å². The number of halogens is 1. The smallest absolute Gasteiger partial charge is 0.263 e. The van der Waals surface area contributed by atoms with Crippen molar-refractivity contribution >= 4 is 17.7 Å². The Morgan fingerprint density at radius 3 is 2.48 bits per heavy atom. The first-order valence-electron chi connectivity index (χ1n) is 10.4. The Hall–Kier alpha value is -3.26. The molecule has 0 radical (unpaired) electrons. The van der Waals surface area contributed by atoms with E-state index in [1.807, 2.05) is 30.3 Å². The third kappa shape index (κ3) is 5.67. The van der Waals surface area contributed by atoms with Crippen molar-refractivity contribution in [2.45, 2.75) is 25.4 Å². The van der Waals surface area contributed by atoms with Crippen molar-refractivity contribution in [3.63, 3.8) is 0 Å². The lowest BCUT2D eigenvalue weighted by molar-refractivity contribution is -0.149. The van der Waals surface area contributed by atoms with Crippen molar-refractivity contribution in [2.75, 3.05) is 26.2 Å². The monoisotopic (exact) mass is 426 g/mol. The van der Waals surface area contributed by atoms with Crippen LogP contribution in [0.15, 0.2) is 54.6 Å². The number of rotatable bonds is 7. The molecule has 1 saturated heterocycles. The van der Waals surface area contributed by atoms with Crippen LogP contribution in [0.4, 0.5) is 4.39 Å². The van der Waals surface area contributed by atoms with Crippen LogP contribution in [-0.4, -0.2) is 59.9 Å². The van der Waals surface area contributed by atoms with Gasteiger partial charge in [-0.2, -0.15) is 0 Å². The minimum Gasteiger partial charge on any atom is -0.351 e. The fourth-order valence-corrected chi connectivity index (χ4v) is 3.69. The van der Waals surface area contributed by atoms with E-state index < -0.39 is 23.8 Å². The van der Waals surface area contributed by atoms with E-state index in [-0.39, 0.29) is 31.0 Å². The number of benzene rings is 2. The molecule has 7 nitrogen and oxygen atoms in total. The van der Waals surface area contributed by atoms with Gasteiger partial charge in [-0.05, 0) is 36.6 Å². The predicted molar refractivity (Wildman–Crippen MR) is 114 cm³/mol. The quantitative estimate of drug-likeness (QED) is 0.702. The van der Waals surface area contributed by atoms with Crippen LogP contribution >= 0.6 is 0 Å². The normalized spacial score (nSPS) is 16.1. The van der Waals surface area contributed by atoms with Crippen LogP contribution in [0.25, 0.3) is 0 Å². The number of hydrogen-bond acceptors (Lipinski definition) is 4. The number of hydrogen-bond donors (Lipinski definition) is 2. The molecule has 0 bridgehead atoms. The first-order valence-corrected chi connectivity index (χ1v) is 10.4. The SMILES string of the molecule is NCCNC(=O)C1N(C(=O)CCc2ccccc2)CCCN1C(=O)c1cccc(F)c1. The number of nitrogens with zero attached hydrogens (tertiary/aromatic N) is 2. The molecular formula is C23H27FN4O3. The Kier molecular flexibility index (Phi) is 7.72. The summed E-state index contributed by atoms with van der Waals surface area (Å²) >= 11 is 0. The molecule has 8 heteroatoms. The molecule has 0 saturated carbocycles. The van der Waals surface area contributed by atoms with Crippen LogP contribution in [0.5, 0.6) is 0 Å². The van der Waals surface area contributed by atoms with Gasteiger partial charge in [0.2, 0.25) is 5.91 Å². The maximum Gasteiger partial charge on any atom is 0.263 e. The summed E-state index contributed by atoms with van der Waals surface area (Å²) in [6, 6.07) is 14.9. The number of carbonyl (C=O) groups is 3. The fraction of sp³-hybridized carbons (Fsp3) is 0.348. The van der Waals surface area contributed by atoms with Crippen molar-refractivity contribution in [1.82, 2.24) is 15.1 Å². The second-order valence-corrected chi connectivity index (χ2v) is 7.39. The molecule has 1 atom stereocenters. The lowest BCUT2D eigenvalue weighted by Gasteiger charge is -2.42. The second-order valence-electron chi connectivity index (χ2n) is 7.39. The van der Waals surface area contributed by atoms with Crippen LogP contribution in [0.1, 0.15) is 28.8 Å². The van der Waals surface area contributed by atoms with Crippen molar-refractivity contribution in [3.05, 3.63) is 71.5 Å². The summed E-state index contributed by atoms with van der Waals surface area (Å²) in [5, 5.41) is 2.68. The summed E-state index contributed by atoms with van der Waals surface area (Å²) in [7, 11) is 0. The third-order valence-corrected chi connectivity index (χ3v) is 5.19. The summed E-state index contributed by atoms with van der Waals surface area (Å²) in [4.78, 5) is 41.9. The zero-order valence-electron chi connectivity index (χ0n) is 17.3. The molecule has 31 heavy (non-hydrogen) atoms. The van der Waals surface area contributed by atoms with E-state index in [0.29, 0.717) is 25.9 Å². The van der Waals surface area contributed by atoms with Crippen molar-refractivity contribution in [2.24, 2.45) is 5.73 Å². The molecule has 1 fully saturated rings.